The molecular formula is C19H24ClN3O4. The summed E-state index contributed by atoms with van der Waals surface area (Å²) in [5, 5.41) is 7.18. The molecule has 8 heteroatoms. The normalized spacial score (nSPS) is 10.7. The summed E-state index contributed by atoms with van der Waals surface area (Å²) in [6.07, 6.45) is 0. The van der Waals surface area contributed by atoms with E-state index in [0.717, 1.165) is 5.56 Å². The van der Waals surface area contributed by atoms with Crippen molar-refractivity contribution in [3.63, 3.8) is 0 Å². The number of rotatable bonds is 8. The zero-order chi connectivity index (χ0) is 20.0. The first kappa shape index (κ1) is 20.8. The summed E-state index contributed by atoms with van der Waals surface area (Å²) in [6.45, 7) is 6.19. The Labute approximate surface area is 163 Å². The van der Waals surface area contributed by atoms with Crippen LogP contribution < -0.4 is 10.1 Å². The highest BCUT2D eigenvalue weighted by atomic mass is 35.5. The van der Waals surface area contributed by atoms with Crippen LogP contribution in [-0.2, 0) is 22.6 Å². The molecule has 1 N–H and O–H groups in total. The number of esters is 1. The minimum Gasteiger partial charge on any atom is -0.496 e. The van der Waals surface area contributed by atoms with Gasteiger partial charge in [-0.1, -0.05) is 43.6 Å². The molecule has 2 rings (SSSR count). The number of nitrogens with one attached hydrogen (secondary N) is 1. The number of hydrogen-bond donors (Lipinski definition) is 1. The lowest BCUT2D eigenvalue weighted by Gasteiger charge is -2.10. The van der Waals surface area contributed by atoms with E-state index < -0.39 is 18.5 Å². The molecule has 146 valence electrons. The number of methoxy groups -OCH3 is 1. The van der Waals surface area contributed by atoms with Gasteiger partial charge in [0, 0.05) is 18.7 Å². The molecule has 27 heavy (non-hydrogen) atoms. The van der Waals surface area contributed by atoms with Gasteiger partial charge in [0.25, 0.3) is 5.91 Å². The van der Waals surface area contributed by atoms with Gasteiger partial charge in [0.05, 0.1) is 12.8 Å². The number of halogens is 1. The van der Waals surface area contributed by atoms with Crippen LogP contribution in [0.1, 0.15) is 35.5 Å². The third-order valence-corrected chi connectivity index (χ3v) is 4.19. The number of aromatic nitrogens is 2. The number of amides is 1. The summed E-state index contributed by atoms with van der Waals surface area (Å²) in [5.41, 5.74) is 1.49. The number of benzene rings is 1. The fourth-order valence-electron chi connectivity index (χ4n) is 2.55. The Kier molecular flexibility index (Phi) is 7.24. The Hall–Kier alpha value is -2.54. The molecule has 1 heterocycles. The average molecular weight is 394 g/mol. The Bertz CT molecular complexity index is 817. The molecule has 1 aromatic heterocycles. The standard InChI is InChI=1S/C19H24ClN3O4/c1-12(2)10-23-18(20)17(13(3)22-23)19(25)27-11-16(24)21-9-14-7-5-6-8-15(14)26-4/h5-8,12H,9-11H2,1-4H3,(H,21,24). The number of nitrogens with zero attached hydrogens (tertiary/aromatic N) is 2. The van der Waals surface area contributed by atoms with E-state index in [2.05, 4.69) is 10.4 Å². The maximum absolute atomic E-state index is 12.3. The number of ether oxygens (including phenoxy) is 2. The molecule has 0 unspecified atom stereocenters. The second-order valence-corrected chi connectivity index (χ2v) is 6.85. The van der Waals surface area contributed by atoms with E-state index in [1.165, 1.54) is 0 Å². The third kappa shape index (κ3) is 5.47. The Balaban J connectivity index is 1.92. The maximum Gasteiger partial charge on any atom is 0.343 e. The van der Waals surface area contributed by atoms with Crippen molar-refractivity contribution in [3.8, 4) is 5.75 Å². The minimum absolute atomic E-state index is 0.190. The quantitative estimate of drug-likeness (QED) is 0.697. The molecule has 7 nitrogen and oxygen atoms in total. The van der Waals surface area contributed by atoms with Crippen molar-refractivity contribution in [2.75, 3.05) is 13.7 Å². The Morgan fingerprint density at radius 2 is 2.00 bits per heavy atom. The van der Waals surface area contributed by atoms with Crippen molar-refractivity contribution in [2.24, 2.45) is 5.92 Å². The van der Waals surface area contributed by atoms with E-state index >= 15 is 0 Å². The van der Waals surface area contributed by atoms with Gasteiger partial charge in [-0.2, -0.15) is 5.10 Å². The largest absolute Gasteiger partial charge is 0.496 e. The van der Waals surface area contributed by atoms with Crippen LogP contribution >= 0.6 is 11.6 Å². The first-order chi connectivity index (χ1) is 12.8. The van der Waals surface area contributed by atoms with Crippen molar-refractivity contribution in [2.45, 2.75) is 33.9 Å². The van der Waals surface area contributed by atoms with Gasteiger partial charge in [-0.25, -0.2) is 4.79 Å². The van der Waals surface area contributed by atoms with Gasteiger partial charge >= 0.3 is 5.97 Å². The van der Waals surface area contributed by atoms with Gasteiger partial charge in [-0.3, -0.25) is 9.48 Å². The molecule has 2 aromatic rings. The number of hydrogen-bond acceptors (Lipinski definition) is 5. The molecule has 0 aliphatic carbocycles. The van der Waals surface area contributed by atoms with Crippen LogP contribution in [0.3, 0.4) is 0 Å². The summed E-state index contributed by atoms with van der Waals surface area (Å²) in [5.74, 6) is -0.0845. The van der Waals surface area contributed by atoms with E-state index in [0.29, 0.717) is 23.9 Å². The third-order valence-electron chi connectivity index (χ3n) is 3.81. The number of carbonyl (C=O) groups excluding carboxylic acids is 2. The Morgan fingerprint density at radius 3 is 2.67 bits per heavy atom. The molecule has 0 aliphatic heterocycles. The van der Waals surface area contributed by atoms with Crippen LogP contribution in [0.15, 0.2) is 24.3 Å². The van der Waals surface area contributed by atoms with Crippen LogP contribution in [0.25, 0.3) is 0 Å². The van der Waals surface area contributed by atoms with Gasteiger partial charge in [-0.05, 0) is 18.9 Å². The van der Waals surface area contributed by atoms with Crippen LogP contribution in [0.2, 0.25) is 5.15 Å². The summed E-state index contributed by atoms with van der Waals surface area (Å²) in [6, 6.07) is 7.35. The van der Waals surface area contributed by atoms with Crippen LogP contribution in [0.4, 0.5) is 0 Å². The van der Waals surface area contributed by atoms with Crippen molar-refractivity contribution >= 4 is 23.5 Å². The molecule has 0 spiro atoms. The van der Waals surface area contributed by atoms with Crippen LogP contribution in [0, 0.1) is 12.8 Å². The lowest BCUT2D eigenvalue weighted by atomic mass is 10.2. The summed E-state index contributed by atoms with van der Waals surface area (Å²) >= 11 is 6.24. The zero-order valence-corrected chi connectivity index (χ0v) is 16.7. The lowest BCUT2D eigenvalue weighted by molar-refractivity contribution is -0.124. The molecule has 0 atom stereocenters. The maximum atomic E-state index is 12.3. The molecule has 0 bridgehead atoms. The highest BCUT2D eigenvalue weighted by molar-refractivity contribution is 6.32. The van der Waals surface area contributed by atoms with Gasteiger partial charge in [0.1, 0.15) is 16.5 Å². The predicted molar refractivity (Wildman–Crippen MR) is 102 cm³/mol. The fraction of sp³-hybridized carbons (Fsp3) is 0.421. The second kappa shape index (κ2) is 9.41. The number of carbonyl (C=O) groups is 2. The highest BCUT2D eigenvalue weighted by Crippen LogP contribution is 2.22. The summed E-state index contributed by atoms with van der Waals surface area (Å²) in [7, 11) is 1.56. The zero-order valence-electron chi connectivity index (χ0n) is 15.9. The van der Waals surface area contributed by atoms with E-state index in [9.17, 15) is 9.59 Å². The summed E-state index contributed by atoms with van der Waals surface area (Å²) < 4.78 is 11.9. The molecule has 0 fully saturated rings. The van der Waals surface area contributed by atoms with Gasteiger partial charge in [0.15, 0.2) is 6.61 Å². The van der Waals surface area contributed by atoms with E-state index in [1.54, 1.807) is 24.8 Å². The molecule has 0 aliphatic rings. The van der Waals surface area contributed by atoms with Crippen molar-refractivity contribution in [3.05, 3.63) is 46.2 Å². The van der Waals surface area contributed by atoms with Crippen LogP contribution in [0.5, 0.6) is 5.75 Å². The fourth-order valence-corrected chi connectivity index (χ4v) is 2.87. The van der Waals surface area contributed by atoms with Crippen molar-refractivity contribution in [1.82, 2.24) is 15.1 Å². The van der Waals surface area contributed by atoms with Crippen molar-refractivity contribution < 1.29 is 19.1 Å². The summed E-state index contributed by atoms with van der Waals surface area (Å²) in [4.78, 5) is 24.3. The topological polar surface area (TPSA) is 82.4 Å². The van der Waals surface area contributed by atoms with E-state index in [1.807, 2.05) is 32.0 Å². The first-order valence-electron chi connectivity index (χ1n) is 8.62. The molecular weight excluding hydrogens is 370 g/mol. The molecule has 0 radical (unpaired) electrons. The predicted octanol–water partition coefficient (Wildman–Crippen LogP) is 2.98. The van der Waals surface area contributed by atoms with Gasteiger partial charge < -0.3 is 14.8 Å². The highest BCUT2D eigenvalue weighted by Gasteiger charge is 2.22. The minimum atomic E-state index is -0.667. The molecule has 0 saturated heterocycles. The van der Waals surface area contributed by atoms with Gasteiger partial charge in [0.2, 0.25) is 0 Å². The van der Waals surface area contributed by atoms with Crippen LogP contribution in [-0.4, -0.2) is 35.4 Å². The first-order valence-corrected chi connectivity index (χ1v) is 8.99. The molecule has 1 amide bonds. The molecule has 0 saturated carbocycles. The van der Waals surface area contributed by atoms with E-state index in [-0.39, 0.29) is 17.3 Å². The lowest BCUT2D eigenvalue weighted by Crippen LogP contribution is -2.28. The van der Waals surface area contributed by atoms with Crippen molar-refractivity contribution in [1.29, 1.82) is 0 Å². The monoisotopic (exact) mass is 393 g/mol. The average Bonchev–Trinajstić information content (AvgIpc) is 2.90. The number of para-hydroxylation sites is 1. The SMILES string of the molecule is COc1ccccc1CNC(=O)COC(=O)c1c(C)nn(CC(C)C)c1Cl. The number of aryl methyl sites for hydroxylation is 1. The van der Waals surface area contributed by atoms with E-state index in [4.69, 9.17) is 21.1 Å². The second-order valence-electron chi connectivity index (χ2n) is 6.49. The van der Waals surface area contributed by atoms with Gasteiger partial charge in [-0.15, -0.1) is 0 Å². The Morgan fingerprint density at radius 1 is 1.30 bits per heavy atom. The molecule has 1 aromatic carbocycles. The smallest absolute Gasteiger partial charge is 0.343 e.